The smallest absolute Gasteiger partial charge is 0.230 e. The molecule has 1 N–H and O–H groups in total. The lowest BCUT2D eigenvalue weighted by Gasteiger charge is -2.17. The summed E-state index contributed by atoms with van der Waals surface area (Å²) in [5.74, 6) is 0.710. The molecule has 154 valence electrons. The average Bonchev–Trinajstić information content (AvgIpc) is 3.31. The Kier molecular flexibility index (Phi) is 5.52. The molecule has 1 aliphatic heterocycles. The third-order valence-corrected chi connectivity index (χ3v) is 5.21. The van der Waals surface area contributed by atoms with Gasteiger partial charge in [0.05, 0.1) is 25.3 Å². The highest BCUT2D eigenvalue weighted by atomic mass is 16.5. The van der Waals surface area contributed by atoms with Gasteiger partial charge >= 0.3 is 0 Å². The van der Waals surface area contributed by atoms with Gasteiger partial charge in [-0.1, -0.05) is 30.3 Å². The minimum absolute atomic E-state index is 0.0608. The Morgan fingerprint density at radius 2 is 1.90 bits per heavy atom. The van der Waals surface area contributed by atoms with E-state index in [0.29, 0.717) is 18.9 Å². The largest absolute Gasteiger partial charge is 0.497 e. The van der Waals surface area contributed by atoms with Gasteiger partial charge in [0.25, 0.3) is 0 Å². The molecular weight excluding hydrogens is 380 g/mol. The van der Waals surface area contributed by atoms with Crippen molar-refractivity contribution in [1.29, 1.82) is 0 Å². The van der Waals surface area contributed by atoms with Gasteiger partial charge in [0.15, 0.2) is 0 Å². The van der Waals surface area contributed by atoms with E-state index in [2.05, 4.69) is 10.4 Å². The number of methoxy groups -OCH3 is 1. The molecular formula is C23H24N4O3. The first-order valence-electron chi connectivity index (χ1n) is 9.87. The molecule has 2 amide bonds. The summed E-state index contributed by atoms with van der Waals surface area (Å²) in [5, 5.41) is 7.46. The van der Waals surface area contributed by atoms with Crippen molar-refractivity contribution in [2.45, 2.75) is 19.9 Å². The van der Waals surface area contributed by atoms with Crippen molar-refractivity contribution in [3.63, 3.8) is 0 Å². The zero-order valence-corrected chi connectivity index (χ0v) is 17.0. The van der Waals surface area contributed by atoms with Gasteiger partial charge in [0.1, 0.15) is 11.6 Å². The number of carbonyl (C=O) groups is 2. The number of ether oxygens (including phenoxy) is 1. The highest BCUT2D eigenvalue weighted by Crippen LogP contribution is 2.27. The predicted molar refractivity (Wildman–Crippen MR) is 115 cm³/mol. The molecule has 0 aliphatic carbocycles. The van der Waals surface area contributed by atoms with Crippen LogP contribution in [0, 0.1) is 12.8 Å². The molecule has 3 aromatic rings. The van der Waals surface area contributed by atoms with Gasteiger partial charge in [-0.3, -0.25) is 9.59 Å². The predicted octanol–water partition coefficient (Wildman–Crippen LogP) is 3.24. The molecule has 2 aromatic carbocycles. The maximum absolute atomic E-state index is 12.9. The van der Waals surface area contributed by atoms with Gasteiger partial charge in [-0.15, -0.1) is 0 Å². The number of carbonyl (C=O) groups excluding carboxylic acids is 2. The lowest BCUT2D eigenvalue weighted by atomic mass is 10.1. The Bertz CT molecular complexity index is 1040. The van der Waals surface area contributed by atoms with Gasteiger partial charge in [-0.2, -0.15) is 5.10 Å². The summed E-state index contributed by atoms with van der Waals surface area (Å²) in [5.41, 5.74) is 2.68. The van der Waals surface area contributed by atoms with Crippen LogP contribution in [-0.4, -0.2) is 35.2 Å². The number of nitrogens with one attached hydrogen (secondary N) is 1. The van der Waals surface area contributed by atoms with E-state index in [-0.39, 0.29) is 18.2 Å². The molecule has 1 aliphatic rings. The molecule has 7 heteroatoms. The molecule has 4 rings (SSSR count). The van der Waals surface area contributed by atoms with E-state index in [4.69, 9.17) is 4.74 Å². The highest BCUT2D eigenvalue weighted by molar-refractivity contribution is 6.03. The molecule has 1 aromatic heterocycles. The minimum atomic E-state index is -0.417. The summed E-state index contributed by atoms with van der Waals surface area (Å²) >= 11 is 0. The van der Waals surface area contributed by atoms with Crippen LogP contribution in [0.1, 0.15) is 17.7 Å². The van der Waals surface area contributed by atoms with Crippen LogP contribution in [0.25, 0.3) is 0 Å². The second-order valence-electron chi connectivity index (χ2n) is 7.41. The maximum atomic E-state index is 12.9. The van der Waals surface area contributed by atoms with E-state index in [9.17, 15) is 9.59 Å². The zero-order chi connectivity index (χ0) is 21.1. The van der Waals surface area contributed by atoms with Crippen molar-refractivity contribution in [2.24, 2.45) is 5.92 Å². The Morgan fingerprint density at radius 3 is 2.60 bits per heavy atom. The first-order chi connectivity index (χ1) is 14.5. The summed E-state index contributed by atoms with van der Waals surface area (Å²) in [6.45, 7) is 2.80. The van der Waals surface area contributed by atoms with Crippen molar-refractivity contribution < 1.29 is 14.3 Å². The third-order valence-electron chi connectivity index (χ3n) is 5.21. The van der Waals surface area contributed by atoms with Crippen LogP contribution < -0.4 is 15.0 Å². The van der Waals surface area contributed by atoms with Gasteiger partial charge in [-0.05, 0) is 36.8 Å². The number of benzene rings is 2. The summed E-state index contributed by atoms with van der Waals surface area (Å²) < 4.78 is 6.94. The zero-order valence-electron chi connectivity index (χ0n) is 17.0. The Balaban J connectivity index is 1.45. The van der Waals surface area contributed by atoms with Crippen molar-refractivity contribution in [1.82, 2.24) is 9.78 Å². The number of aryl methyl sites for hydroxylation is 1. The number of anilines is 2. The molecule has 0 unspecified atom stereocenters. The molecule has 1 fully saturated rings. The van der Waals surface area contributed by atoms with Crippen molar-refractivity contribution in [3.05, 3.63) is 71.9 Å². The van der Waals surface area contributed by atoms with Crippen molar-refractivity contribution in [2.75, 3.05) is 23.9 Å². The van der Waals surface area contributed by atoms with E-state index in [1.807, 2.05) is 55.5 Å². The van der Waals surface area contributed by atoms with Crippen LogP contribution >= 0.6 is 0 Å². The van der Waals surface area contributed by atoms with E-state index in [1.54, 1.807) is 28.8 Å². The molecule has 0 bridgehead atoms. The quantitative estimate of drug-likeness (QED) is 0.684. The van der Waals surface area contributed by atoms with E-state index < -0.39 is 5.92 Å². The van der Waals surface area contributed by atoms with Crippen LogP contribution in [0.5, 0.6) is 5.75 Å². The fourth-order valence-electron chi connectivity index (χ4n) is 3.65. The lowest BCUT2D eigenvalue weighted by molar-refractivity contribution is -0.122. The number of hydrogen-bond donors (Lipinski definition) is 1. The summed E-state index contributed by atoms with van der Waals surface area (Å²) in [4.78, 5) is 27.1. The number of rotatable bonds is 6. The second-order valence-corrected chi connectivity index (χ2v) is 7.41. The molecule has 2 heterocycles. The standard InChI is InChI=1S/C23H24N4O3/c1-16-12-21(27(25-16)14-17-6-4-3-5-7-17)24-23(29)18-13-22(28)26(15-18)19-8-10-20(30-2)11-9-19/h3-12,18H,13-15H2,1-2H3,(H,24,29)/t18-/m1/s1. The molecule has 30 heavy (non-hydrogen) atoms. The minimum Gasteiger partial charge on any atom is -0.497 e. The van der Waals surface area contributed by atoms with E-state index in [1.165, 1.54) is 0 Å². The van der Waals surface area contributed by atoms with Crippen molar-refractivity contribution in [3.8, 4) is 5.75 Å². The number of hydrogen-bond acceptors (Lipinski definition) is 4. The number of aromatic nitrogens is 2. The van der Waals surface area contributed by atoms with Gasteiger partial charge in [-0.25, -0.2) is 4.68 Å². The first kappa shape index (κ1) is 19.7. The van der Waals surface area contributed by atoms with Gasteiger partial charge in [0.2, 0.25) is 11.8 Å². The fourth-order valence-corrected chi connectivity index (χ4v) is 3.65. The molecule has 0 saturated carbocycles. The third kappa shape index (κ3) is 4.20. The fraction of sp³-hybridized carbons (Fsp3) is 0.261. The average molecular weight is 404 g/mol. The SMILES string of the molecule is COc1ccc(N2C[C@H](C(=O)Nc3cc(C)nn3Cc3ccccc3)CC2=O)cc1. The van der Waals surface area contributed by atoms with Crippen LogP contribution in [0.3, 0.4) is 0 Å². The normalized spacial score (nSPS) is 16.0. The Hall–Kier alpha value is -3.61. The van der Waals surface area contributed by atoms with Crippen LogP contribution in [0.4, 0.5) is 11.5 Å². The number of amides is 2. The van der Waals surface area contributed by atoms with Crippen LogP contribution in [-0.2, 0) is 16.1 Å². The second kappa shape index (κ2) is 8.41. The Morgan fingerprint density at radius 1 is 1.17 bits per heavy atom. The highest BCUT2D eigenvalue weighted by Gasteiger charge is 2.35. The monoisotopic (exact) mass is 404 g/mol. The van der Waals surface area contributed by atoms with Gasteiger partial charge in [0, 0.05) is 24.7 Å². The summed E-state index contributed by atoms with van der Waals surface area (Å²) in [7, 11) is 1.60. The molecule has 0 radical (unpaired) electrons. The van der Waals surface area contributed by atoms with Crippen LogP contribution in [0.15, 0.2) is 60.7 Å². The molecule has 1 saturated heterocycles. The van der Waals surface area contributed by atoms with Gasteiger partial charge < -0.3 is 15.0 Å². The topological polar surface area (TPSA) is 76.5 Å². The number of nitrogens with zero attached hydrogens (tertiary/aromatic N) is 3. The summed E-state index contributed by atoms with van der Waals surface area (Å²) in [6.07, 6.45) is 0.184. The molecule has 7 nitrogen and oxygen atoms in total. The molecule has 1 atom stereocenters. The molecule has 0 spiro atoms. The van der Waals surface area contributed by atoms with E-state index >= 15 is 0 Å². The lowest BCUT2D eigenvalue weighted by Crippen LogP contribution is -2.28. The Labute approximate surface area is 175 Å². The first-order valence-corrected chi connectivity index (χ1v) is 9.87. The summed E-state index contributed by atoms with van der Waals surface area (Å²) in [6, 6.07) is 19.1. The van der Waals surface area contributed by atoms with Crippen LogP contribution in [0.2, 0.25) is 0 Å². The maximum Gasteiger partial charge on any atom is 0.230 e. The van der Waals surface area contributed by atoms with E-state index in [0.717, 1.165) is 22.7 Å². The van der Waals surface area contributed by atoms with Crippen molar-refractivity contribution >= 4 is 23.3 Å².